The Kier molecular flexibility index (Phi) is 7.10. The number of hydrogen-bond donors (Lipinski definition) is 1. The second kappa shape index (κ2) is 10.2. The van der Waals surface area contributed by atoms with Gasteiger partial charge in [0.2, 0.25) is 5.91 Å². The van der Waals surface area contributed by atoms with E-state index in [-0.39, 0.29) is 11.8 Å². The van der Waals surface area contributed by atoms with Gasteiger partial charge in [0.25, 0.3) is 5.91 Å². The van der Waals surface area contributed by atoms with Crippen molar-refractivity contribution in [2.75, 3.05) is 42.5 Å². The van der Waals surface area contributed by atoms with E-state index in [1.807, 2.05) is 53.4 Å². The van der Waals surface area contributed by atoms with E-state index in [2.05, 4.69) is 29.0 Å². The van der Waals surface area contributed by atoms with Crippen molar-refractivity contribution in [2.45, 2.75) is 45.7 Å². The first-order valence-corrected chi connectivity index (χ1v) is 11.8. The fraction of sp³-hybridized carbons (Fsp3) is 0.462. The lowest BCUT2D eigenvalue weighted by atomic mass is 10.1. The van der Waals surface area contributed by atoms with Crippen LogP contribution in [0.1, 0.15) is 49.0 Å². The van der Waals surface area contributed by atoms with Crippen LogP contribution < -0.4 is 15.1 Å². The van der Waals surface area contributed by atoms with Crippen molar-refractivity contribution < 1.29 is 9.59 Å². The number of amides is 2. The van der Waals surface area contributed by atoms with E-state index in [0.29, 0.717) is 24.6 Å². The van der Waals surface area contributed by atoms with Gasteiger partial charge in [-0.2, -0.15) is 0 Å². The normalized spacial score (nSPS) is 17.7. The Morgan fingerprint density at radius 3 is 2.38 bits per heavy atom. The Labute approximate surface area is 191 Å². The zero-order chi connectivity index (χ0) is 22.5. The van der Waals surface area contributed by atoms with Crippen molar-refractivity contribution >= 4 is 23.2 Å². The molecule has 0 unspecified atom stereocenters. The molecule has 2 aliphatic heterocycles. The standard InChI is InChI=1S/C26H34N4O2/c1-20(2)28-14-16-29(17-15-28)23-11-9-22(10-12-23)26(32)27-19-21-6-5-7-24(18-21)30-13-4-3-8-25(30)31/h5-7,9-12,18,20H,3-4,8,13-17,19H2,1-2H3,(H,27,32). The molecule has 170 valence electrons. The molecule has 0 radical (unpaired) electrons. The fourth-order valence-electron chi connectivity index (χ4n) is 4.52. The van der Waals surface area contributed by atoms with Crippen LogP contribution in [-0.2, 0) is 11.3 Å². The average molecular weight is 435 g/mol. The van der Waals surface area contributed by atoms with Crippen molar-refractivity contribution in [2.24, 2.45) is 0 Å². The topological polar surface area (TPSA) is 55.9 Å². The van der Waals surface area contributed by atoms with Crippen molar-refractivity contribution in [3.8, 4) is 0 Å². The van der Waals surface area contributed by atoms with Gasteiger partial charge >= 0.3 is 0 Å². The summed E-state index contributed by atoms with van der Waals surface area (Å²) in [4.78, 5) is 31.6. The summed E-state index contributed by atoms with van der Waals surface area (Å²) in [5.41, 5.74) is 3.75. The van der Waals surface area contributed by atoms with Gasteiger partial charge < -0.3 is 15.1 Å². The van der Waals surface area contributed by atoms with E-state index in [0.717, 1.165) is 56.8 Å². The van der Waals surface area contributed by atoms with Crippen molar-refractivity contribution in [3.63, 3.8) is 0 Å². The predicted molar refractivity (Wildman–Crippen MR) is 129 cm³/mol. The largest absolute Gasteiger partial charge is 0.369 e. The number of piperidine rings is 1. The zero-order valence-corrected chi connectivity index (χ0v) is 19.2. The first-order valence-electron chi connectivity index (χ1n) is 11.8. The molecule has 6 nitrogen and oxygen atoms in total. The highest BCUT2D eigenvalue weighted by Gasteiger charge is 2.20. The molecule has 2 saturated heterocycles. The summed E-state index contributed by atoms with van der Waals surface area (Å²) in [7, 11) is 0. The average Bonchev–Trinajstić information content (AvgIpc) is 2.83. The second-order valence-corrected chi connectivity index (χ2v) is 9.02. The number of rotatable bonds is 6. The molecule has 0 aliphatic carbocycles. The highest BCUT2D eigenvalue weighted by Crippen LogP contribution is 2.22. The number of nitrogens with zero attached hydrogens (tertiary/aromatic N) is 3. The molecular formula is C26H34N4O2. The van der Waals surface area contributed by atoms with Crippen LogP contribution in [0.3, 0.4) is 0 Å². The molecule has 0 spiro atoms. The Morgan fingerprint density at radius 1 is 0.938 bits per heavy atom. The van der Waals surface area contributed by atoms with Gasteiger partial charge in [-0.3, -0.25) is 14.5 Å². The number of piperazine rings is 1. The molecule has 4 rings (SSSR count). The Morgan fingerprint density at radius 2 is 1.69 bits per heavy atom. The molecule has 0 aromatic heterocycles. The van der Waals surface area contributed by atoms with Gasteiger partial charge in [0.15, 0.2) is 0 Å². The van der Waals surface area contributed by atoms with Crippen LogP contribution >= 0.6 is 0 Å². The summed E-state index contributed by atoms with van der Waals surface area (Å²) >= 11 is 0. The van der Waals surface area contributed by atoms with Gasteiger partial charge in [0, 0.05) is 68.7 Å². The third-order valence-corrected chi connectivity index (χ3v) is 6.54. The number of nitrogens with one attached hydrogen (secondary N) is 1. The molecule has 2 fully saturated rings. The SMILES string of the molecule is CC(C)N1CCN(c2ccc(C(=O)NCc3cccc(N4CCCCC4=O)c3)cc2)CC1. The van der Waals surface area contributed by atoms with Crippen LogP contribution in [0.5, 0.6) is 0 Å². The van der Waals surface area contributed by atoms with E-state index >= 15 is 0 Å². The molecule has 1 N–H and O–H groups in total. The van der Waals surface area contributed by atoms with E-state index in [9.17, 15) is 9.59 Å². The molecule has 0 saturated carbocycles. The van der Waals surface area contributed by atoms with E-state index in [4.69, 9.17) is 0 Å². The van der Waals surface area contributed by atoms with Gasteiger partial charge in [0.1, 0.15) is 0 Å². The Bertz CT molecular complexity index is 933. The lowest BCUT2D eigenvalue weighted by molar-refractivity contribution is -0.119. The summed E-state index contributed by atoms with van der Waals surface area (Å²) in [6, 6.07) is 16.4. The van der Waals surface area contributed by atoms with Crippen LogP contribution in [0.4, 0.5) is 11.4 Å². The minimum atomic E-state index is -0.0828. The number of carbonyl (C=O) groups is 2. The molecule has 0 atom stereocenters. The minimum Gasteiger partial charge on any atom is -0.369 e. The highest BCUT2D eigenvalue weighted by molar-refractivity contribution is 5.95. The van der Waals surface area contributed by atoms with Crippen LogP contribution in [0.2, 0.25) is 0 Å². The molecule has 2 aliphatic rings. The predicted octanol–water partition coefficient (Wildman–Crippen LogP) is 3.66. The molecule has 0 bridgehead atoms. The van der Waals surface area contributed by atoms with Crippen LogP contribution in [0, 0.1) is 0 Å². The maximum Gasteiger partial charge on any atom is 0.251 e. The summed E-state index contributed by atoms with van der Waals surface area (Å²) in [5, 5.41) is 3.01. The van der Waals surface area contributed by atoms with Gasteiger partial charge in [0.05, 0.1) is 0 Å². The van der Waals surface area contributed by atoms with Gasteiger partial charge in [-0.15, -0.1) is 0 Å². The van der Waals surface area contributed by atoms with Gasteiger partial charge in [-0.05, 0) is 68.7 Å². The van der Waals surface area contributed by atoms with Gasteiger partial charge in [-0.1, -0.05) is 12.1 Å². The summed E-state index contributed by atoms with van der Waals surface area (Å²) < 4.78 is 0. The zero-order valence-electron chi connectivity index (χ0n) is 19.2. The molecule has 2 aromatic carbocycles. The first kappa shape index (κ1) is 22.3. The smallest absolute Gasteiger partial charge is 0.251 e. The maximum absolute atomic E-state index is 12.7. The third-order valence-electron chi connectivity index (χ3n) is 6.54. The molecule has 6 heteroatoms. The number of benzene rings is 2. The van der Waals surface area contributed by atoms with Crippen molar-refractivity contribution in [1.29, 1.82) is 0 Å². The fourth-order valence-corrected chi connectivity index (χ4v) is 4.52. The van der Waals surface area contributed by atoms with Gasteiger partial charge in [-0.25, -0.2) is 0 Å². The second-order valence-electron chi connectivity index (χ2n) is 9.02. The maximum atomic E-state index is 12.7. The van der Waals surface area contributed by atoms with E-state index in [1.165, 1.54) is 5.69 Å². The summed E-state index contributed by atoms with van der Waals surface area (Å²) in [6.07, 6.45) is 2.62. The number of hydrogen-bond acceptors (Lipinski definition) is 4. The van der Waals surface area contributed by atoms with Crippen LogP contribution in [0.25, 0.3) is 0 Å². The third kappa shape index (κ3) is 5.30. The molecule has 32 heavy (non-hydrogen) atoms. The van der Waals surface area contributed by atoms with Crippen LogP contribution in [-0.4, -0.2) is 55.5 Å². The van der Waals surface area contributed by atoms with Crippen molar-refractivity contribution in [1.82, 2.24) is 10.2 Å². The minimum absolute atomic E-state index is 0.0828. The van der Waals surface area contributed by atoms with Crippen LogP contribution in [0.15, 0.2) is 48.5 Å². The first-order chi connectivity index (χ1) is 15.5. The molecule has 2 heterocycles. The lowest BCUT2D eigenvalue weighted by Gasteiger charge is -2.38. The number of carbonyl (C=O) groups excluding carboxylic acids is 2. The molecule has 2 amide bonds. The highest BCUT2D eigenvalue weighted by atomic mass is 16.2. The molecular weight excluding hydrogens is 400 g/mol. The monoisotopic (exact) mass is 434 g/mol. The summed E-state index contributed by atoms with van der Waals surface area (Å²) in [5.74, 6) is 0.101. The molecule has 2 aromatic rings. The van der Waals surface area contributed by atoms with E-state index in [1.54, 1.807) is 0 Å². The number of anilines is 2. The van der Waals surface area contributed by atoms with Crippen molar-refractivity contribution in [3.05, 3.63) is 59.7 Å². The van der Waals surface area contributed by atoms with E-state index < -0.39 is 0 Å². The quantitative estimate of drug-likeness (QED) is 0.754. The Balaban J connectivity index is 1.32. The lowest BCUT2D eigenvalue weighted by Crippen LogP contribution is -2.48. The summed E-state index contributed by atoms with van der Waals surface area (Å²) in [6.45, 7) is 9.86. The Hall–Kier alpha value is -2.86.